The van der Waals surface area contributed by atoms with Crippen LogP contribution in [0.15, 0.2) is 77.9 Å². The fourth-order valence-electron chi connectivity index (χ4n) is 6.45. The molecule has 0 N–H and O–H groups in total. The zero-order valence-corrected chi connectivity index (χ0v) is 26.9. The van der Waals surface area contributed by atoms with Crippen LogP contribution in [0.3, 0.4) is 0 Å². The molecule has 2 aliphatic carbocycles. The van der Waals surface area contributed by atoms with Gasteiger partial charge in [-0.05, 0) is 0 Å². The van der Waals surface area contributed by atoms with Crippen molar-refractivity contribution in [3.05, 3.63) is 106 Å². The van der Waals surface area contributed by atoms with Crippen molar-refractivity contribution in [2.45, 2.75) is 67.3 Å². The Bertz CT molecular complexity index is 1330. The second-order valence-electron chi connectivity index (χ2n) is 12.5. The molecule has 0 saturated carbocycles. The Morgan fingerprint density at radius 3 is 2.08 bits per heavy atom. The van der Waals surface area contributed by atoms with Gasteiger partial charge < -0.3 is 0 Å². The van der Waals surface area contributed by atoms with Crippen molar-refractivity contribution in [1.29, 1.82) is 0 Å². The zero-order valence-electron chi connectivity index (χ0n) is 23.3. The van der Waals surface area contributed by atoms with Crippen LogP contribution in [0.4, 0.5) is 0 Å². The number of allylic oxidation sites excluding steroid dienone is 2. The molecule has 0 aliphatic heterocycles. The van der Waals surface area contributed by atoms with Crippen LogP contribution in [0.1, 0.15) is 76.6 Å². The van der Waals surface area contributed by atoms with E-state index in [1.165, 1.54) is 27.8 Å². The summed E-state index contributed by atoms with van der Waals surface area (Å²) in [6.07, 6.45) is 5.12. The van der Waals surface area contributed by atoms with Crippen LogP contribution in [-0.4, -0.2) is 5.92 Å². The van der Waals surface area contributed by atoms with E-state index in [1.54, 1.807) is 22.3 Å². The molecule has 0 heterocycles. The first-order valence-corrected chi connectivity index (χ1v) is 23.6. The van der Waals surface area contributed by atoms with Gasteiger partial charge in [-0.15, -0.1) is 0 Å². The molecule has 5 rings (SSSR count). The average molecular weight is 569 g/mol. The molecule has 2 aliphatic rings. The molecule has 0 spiro atoms. The van der Waals surface area contributed by atoms with Gasteiger partial charge in [-0.1, -0.05) is 0 Å². The van der Waals surface area contributed by atoms with Crippen molar-refractivity contribution in [3.63, 3.8) is 0 Å². The molecule has 36 heavy (non-hydrogen) atoms. The maximum absolute atomic E-state index is 2.66. The summed E-state index contributed by atoms with van der Waals surface area (Å²) in [7, 11) is 0. The van der Waals surface area contributed by atoms with Gasteiger partial charge in [0.05, 0.1) is 0 Å². The van der Waals surface area contributed by atoms with Gasteiger partial charge in [0.25, 0.3) is 0 Å². The van der Waals surface area contributed by atoms with E-state index < -0.39 is 26.8 Å². The first-order chi connectivity index (χ1) is 17.1. The van der Waals surface area contributed by atoms with E-state index in [0.717, 1.165) is 3.63 Å². The van der Waals surface area contributed by atoms with Crippen LogP contribution in [0.5, 0.6) is 0 Å². The van der Waals surface area contributed by atoms with E-state index in [0.29, 0.717) is 9.54 Å². The van der Waals surface area contributed by atoms with E-state index in [4.69, 9.17) is 0 Å². The van der Waals surface area contributed by atoms with Crippen molar-refractivity contribution in [1.82, 2.24) is 0 Å². The van der Waals surface area contributed by atoms with Crippen LogP contribution < -0.4 is 0 Å². The first kappa shape index (κ1) is 25.9. The third-order valence-electron chi connectivity index (χ3n) is 8.30. The van der Waals surface area contributed by atoms with Gasteiger partial charge >= 0.3 is 229 Å². The standard InChI is InChI=1S/C22H25.C10H9.C2H7Si.Zr/c1-15(2)18-13-17-7-6-8-20(21(17)14-18)16-9-11-19(12-10-16)22(3,4)5;1-8-6-9-4-2-3-5-10(9)7-8;1-3-2;/h6-15H,1-5H3;2-7H,1H3;3H,1-2H3;. The summed E-state index contributed by atoms with van der Waals surface area (Å²) in [5.41, 5.74) is 14.0. The average Bonchev–Trinajstić information content (AvgIpc) is 3.37. The summed E-state index contributed by atoms with van der Waals surface area (Å²) < 4.78 is 1.42. The van der Waals surface area contributed by atoms with Crippen LogP contribution in [0.25, 0.3) is 23.3 Å². The molecule has 0 bridgehead atoms. The Morgan fingerprint density at radius 2 is 1.44 bits per heavy atom. The fraction of sp³-hybridized carbons (Fsp3) is 0.353. The van der Waals surface area contributed by atoms with Crippen molar-refractivity contribution in [2.24, 2.45) is 5.92 Å². The second-order valence-corrected chi connectivity index (χ2v) is 32.5. The summed E-state index contributed by atoms with van der Waals surface area (Å²) in [5.74, 6) is -0.242. The predicted molar refractivity (Wildman–Crippen MR) is 158 cm³/mol. The normalized spacial score (nSPS) is 18.8. The molecule has 0 fully saturated rings. The predicted octanol–water partition coefficient (Wildman–Crippen LogP) is 9.50. The minimum absolute atomic E-state index is 0.180. The summed E-state index contributed by atoms with van der Waals surface area (Å²) in [6, 6.07) is 25.8. The molecule has 2 atom stereocenters. The van der Waals surface area contributed by atoms with Crippen LogP contribution in [0.2, 0.25) is 13.1 Å². The van der Waals surface area contributed by atoms with E-state index >= 15 is 0 Å². The summed E-state index contributed by atoms with van der Waals surface area (Å²) in [6.45, 7) is 19.5. The zero-order chi connectivity index (χ0) is 25.8. The Balaban J connectivity index is 1.63. The molecular formula is C34H41SiZr. The van der Waals surface area contributed by atoms with E-state index in [1.807, 2.05) is 0 Å². The van der Waals surface area contributed by atoms with Crippen molar-refractivity contribution >= 4 is 18.1 Å². The minimum atomic E-state index is -1.98. The third kappa shape index (κ3) is 4.54. The van der Waals surface area contributed by atoms with Gasteiger partial charge in [0.15, 0.2) is 0 Å². The molecule has 0 saturated heterocycles. The Hall–Kier alpha value is -1.76. The number of hydrogen-bond acceptors (Lipinski definition) is 0. The quantitative estimate of drug-likeness (QED) is 0.269. The van der Waals surface area contributed by atoms with Crippen molar-refractivity contribution in [3.8, 4) is 11.1 Å². The number of benzene rings is 3. The maximum atomic E-state index is 2.66. The Labute approximate surface area is 227 Å². The molecule has 0 aromatic heterocycles. The topological polar surface area (TPSA) is 0 Å². The molecule has 185 valence electrons. The molecule has 0 amide bonds. The van der Waals surface area contributed by atoms with E-state index in [-0.39, 0.29) is 5.41 Å². The Kier molecular flexibility index (Phi) is 7.08. The number of rotatable bonds is 5. The van der Waals surface area contributed by atoms with Crippen molar-refractivity contribution < 1.29 is 20.9 Å². The molecule has 2 unspecified atom stereocenters. The molecule has 0 radical (unpaired) electrons. The van der Waals surface area contributed by atoms with Crippen LogP contribution >= 0.6 is 0 Å². The van der Waals surface area contributed by atoms with Crippen LogP contribution in [0, 0.1) is 5.92 Å². The molecule has 3 aromatic carbocycles. The van der Waals surface area contributed by atoms with E-state index in [2.05, 4.69) is 134 Å². The van der Waals surface area contributed by atoms with Gasteiger partial charge in [0.2, 0.25) is 0 Å². The monoisotopic (exact) mass is 567 g/mol. The second kappa shape index (κ2) is 9.85. The van der Waals surface area contributed by atoms with Crippen LogP contribution in [-0.2, 0) is 26.3 Å². The van der Waals surface area contributed by atoms with Gasteiger partial charge in [0.1, 0.15) is 0 Å². The molecule has 2 heteroatoms. The number of hydrogen-bond donors (Lipinski definition) is 0. The van der Waals surface area contributed by atoms with Gasteiger partial charge in [0, 0.05) is 0 Å². The first-order valence-electron chi connectivity index (χ1n) is 13.7. The summed E-state index contributed by atoms with van der Waals surface area (Å²) in [5, 5.41) is 0. The van der Waals surface area contributed by atoms with Crippen molar-refractivity contribution in [2.75, 3.05) is 0 Å². The van der Waals surface area contributed by atoms with Gasteiger partial charge in [-0.2, -0.15) is 0 Å². The number of fused-ring (bicyclic) bond motifs is 2. The molecule has 3 aromatic rings. The summed E-state index contributed by atoms with van der Waals surface area (Å²) in [4.78, 5) is 0. The van der Waals surface area contributed by atoms with E-state index in [9.17, 15) is 0 Å². The van der Waals surface area contributed by atoms with Gasteiger partial charge in [-0.25, -0.2) is 0 Å². The SMILES string of the molecule is CC1=Cc2ccccc2[CH]1[Zr]([CH]1C(C(C)C)=Cc2c(-c3ccc(C(C)(C)C)cc3)cccc21)[SiH](C)C. The molecule has 0 nitrogen and oxygen atoms in total. The molecular weight excluding hydrogens is 528 g/mol. The summed E-state index contributed by atoms with van der Waals surface area (Å²) >= 11 is -1.98. The van der Waals surface area contributed by atoms with Gasteiger partial charge in [-0.3, -0.25) is 0 Å². The Morgan fingerprint density at radius 1 is 0.778 bits per heavy atom. The third-order valence-corrected chi connectivity index (χ3v) is 30.2. The fourth-order valence-corrected chi connectivity index (χ4v) is 29.8.